The number of aliphatic hydroxyl groups excluding tert-OH is 1. The molecule has 2 saturated carbocycles. The van der Waals surface area contributed by atoms with Crippen LogP contribution in [0.4, 0.5) is 0 Å². The first-order chi connectivity index (χ1) is 7.63. The first-order valence-corrected chi connectivity index (χ1v) is 6.85. The van der Waals surface area contributed by atoms with Crippen molar-refractivity contribution in [2.24, 2.45) is 5.41 Å². The van der Waals surface area contributed by atoms with E-state index < -0.39 is 0 Å². The van der Waals surface area contributed by atoms with Crippen LogP contribution in [0, 0.1) is 5.41 Å². The maximum atomic E-state index is 11.4. The Morgan fingerprint density at radius 2 is 2.00 bits per heavy atom. The number of aliphatic hydroxyl groups is 1. The monoisotopic (exact) mass is 243 g/mol. The van der Waals surface area contributed by atoms with Gasteiger partial charge in [0.25, 0.3) is 0 Å². The average molecular weight is 243 g/mol. The van der Waals surface area contributed by atoms with Crippen molar-refractivity contribution in [3.8, 4) is 0 Å². The fourth-order valence-electron chi connectivity index (χ4n) is 3.12. The molecule has 2 aliphatic carbocycles. The molecule has 3 nitrogen and oxygen atoms in total. The van der Waals surface area contributed by atoms with E-state index in [4.69, 9.17) is 0 Å². The van der Waals surface area contributed by atoms with Crippen LogP contribution < -0.4 is 5.32 Å². The third-order valence-electron chi connectivity index (χ3n) is 4.09. The number of thiol groups is 1. The molecule has 1 amide bonds. The fourth-order valence-corrected chi connectivity index (χ4v) is 3.33. The summed E-state index contributed by atoms with van der Waals surface area (Å²) >= 11 is 4.05. The van der Waals surface area contributed by atoms with E-state index in [1.54, 1.807) is 0 Å². The summed E-state index contributed by atoms with van der Waals surface area (Å²) in [5, 5.41) is 12.4. The summed E-state index contributed by atoms with van der Waals surface area (Å²) in [5.41, 5.74) is 0.421. The van der Waals surface area contributed by atoms with E-state index in [0.29, 0.717) is 23.6 Å². The molecule has 92 valence electrons. The van der Waals surface area contributed by atoms with Crippen molar-refractivity contribution in [2.75, 3.05) is 5.75 Å². The third-order valence-corrected chi connectivity index (χ3v) is 4.31. The predicted molar refractivity (Wildman–Crippen MR) is 66.5 cm³/mol. The smallest absolute Gasteiger partial charge is 0.221 e. The lowest BCUT2D eigenvalue weighted by Crippen LogP contribution is -2.47. The van der Waals surface area contributed by atoms with Crippen molar-refractivity contribution in [3.63, 3.8) is 0 Å². The van der Waals surface area contributed by atoms with Crippen molar-refractivity contribution < 1.29 is 9.90 Å². The van der Waals surface area contributed by atoms with Crippen molar-refractivity contribution in [1.82, 2.24) is 5.32 Å². The second-order valence-electron chi connectivity index (χ2n) is 5.38. The van der Waals surface area contributed by atoms with Crippen LogP contribution in [0.3, 0.4) is 0 Å². The topological polar surface area (TPSA) is 49.3 Å². The SMILES string of the molecule is O=C(CCS)NC1CCC2(CC1)CC(O)C2. The lowest BCUT2D eigenvalue weighted by molar-refractivity contribution is -0.122. The Morgan fingerprint density at radius 1 is 1.38 bits per heavy atom. The summed E-state index contributed by atoms with van der Waals surface area (Å²) in [6.45, 7) is 0. The van der Waals surface area contributed by atoms with Crippen LogP contribution in [0.15, 0.2) is 0 Å². The van der Waals surface area contributed by atoms with Gasteiger partial charge in [0, 0.05) is 12.5 Å². The van der Waals surface area contributed by atoms with Crippen LogP contribution in [-0.4, -0.2) is 28.9 Å². The summed E-state index contributed by atoms with van der Waals surface area (Å²) in [6, 6.07) is 0.357. The highest BCUT2D eigenvalue weighted by molar-refractivity contribution is 7.80. The molecule has 4 heteroatoms. The van der Waals surface area contributed by atoms with Gasteiger partial charge >= 0.3 is 0 Å². The van der Waals surface area contributed by atoms with Crippen molar-refractivity contribution in [1.29, 1.82) is 0 Å². The summed E-state index contributed by atoms with van der Waals surface area (Å²) in [7, 11) is 0. The first kappa shape index (κ1) is 12.2. The van der Waals surface area contributed by atoms with E-state index >= 15 is 0 Å². The van der Waals surface area contributed by atoms with E-state index in [-0.39, 0.29) is 12.0 Å². The van der Waals surface area contributed by atoms with Gasteiger partial charge in [-0.2, -0.15) is 12.6 Å². The molecule has 0 aromatic carbocycles. The predicted octanol–water partition coefficient (Wildman–Crippen LogP) is 1.51. The van der Waals surface area contributed by atoms with E-state index in [1.165, 1.54) is 0 Å². The Kier molecular flexibility index (Phi) is 3.80. The molecular weight excluding hydrogens is 222 g/mol. The lowest BCUT2D eigenvalue weighted by Gasteiger charge is -2.49. The van der Waals surface area contributed by atoms with Gasteiger partial charge in [0.1, 0.15) is 0 Å². The van der Waals surface area contributed by atoms with E-state index in [1.807, 2.05) is 0 Å². The number of hydrogen-bond acceptors (Lipinski definition) is 3. The number of rotatable bonds is 3. The Bertz CT molecular complexity index is 254. The minimum Gasteiger partial charge on any atom is -0.393 e. The van der Waals surface area contributed by atoms with Crippen LogP contribution in [0.1, 0.15) is 44.9 Å². The van der Waals surface area contributed by atoms with Crippen LogP contribution in [-0.2, 0) is 4.79 Å². The normalized spacial score (nSPS) is 38.1. The van der Waals surface area contributed by atoms with Crippen LogP contribution >= 0.6 is 12.6 Å². The second-order valence-corrected chi connectivity index (χ2v) is 5.82. The molecule has 1 spiro atoms. The van der Waals surface area contributed by atoms with Crippen LogP contribution in [0.2, 0.25) is 0 Å². The molecular formula is C12H21NO2S. The molecule has 0 unspecified atom stereocenters. The van der Waals surface area contributed by atoms with Gasteiger partial charge in [-0.15, -0.1) is 0 Å². The average Bonchev–Trinajstić information content (AvgIpc) is 2.20. The maximum Gasteiger partial charge on any atom is 0.221 e. The fraction of sp³-hybridized carbons (Fsp3) is 0.917. The number of nitrogens with one attached hydrogen (secondary N) is 1. The van der Waals surface area contributed by atoms with E-state index in [9.17, 15) is 9.90 Å². The standard InChI is InChI=1S/C12H21NO2S/c14-10-7-12(8-10)4-1-9(2-5-12)13-11(15)3-6-16/h9-10,14,16H,1-8H2,(H,13,15). The van der Waals surface area contributed by atoms with Crippen molar-refractivity contribution in [3.05, 3.63) is 0 Å². The van der Waals surface area contributed by atoms with Crippen LogP contribution in [0.5, 0.6) is 0 Å². The first-order valence-electron chi connectivity index (χ1n) is 6.22. The van der Waals surface area contributed by atoms with Crippen molar-refractivity contribution >= 4 is 18.5 Å². The van der Waals surface area contributed by atoms with Gasteiger partial charge in [0.2, 0.25) is 5.91 Å². The highest BCUT2D eigenvalue weighted by Gasteiger charge is 2.45. The highest BCUT2D eigenvalue weighted by atomic mass is 32.1. The second kappa shape index (κ2) is 4.96. The Hall–Kier alpha value is -0.220. The zero-order valence-corrected chi connectivity index (χ0v) is 10.5. The van der Waals surface area contributed by atoms with Gasteiger partial charge in [-0.25, -0.2) is 0 Å². The number of carbonyl (C=O) groups is 1. The molecule has 0 aromatic rings. The summed E-state index contributed by atoms with van der Waals surface area (Å²) < 4.78 is 0. The molecule has 2 fully saturated rings. The molecule has 2 N–H and O–H groups in total. The molecule has 0 aliphatic heterocycles. The van der Waals surface area contributed by atoms with Gasteiger partial charge in [-0.1, -0.05) is 0 Å². The molecule has 0 aromatic heterocycles. The maximum absolute atomic E-state index is 11.4. The van der Waals surface area contributed by atoms with Crippen molar-refractivity contribution in [2.45, 2.75) is 57.1 Å². The Labute approximate surface area is 102 Å². The largest absolute Gasteiger partial charge is 0.393 e. The lowest BCUT2D eigenvalue weighted by atomic mass is 9.59. The Balaban J connectivity index is 1.71. The summed E-state index contributed by atoms with van der Waals surface area (Å²) in [4.78, 5) is 11.4. The van der Waals surface area contributed by atoms with Gasteiger partial charge in [-0.05, 0) is 49.7 Å². The zero-order chi connectivity index (χ0) is 11.6. The molecule has 2 aliphatic rings. The Morgan fingerprint density at radius 3 is 2.50 bits per heavy atom. The molecule has 0 saturated heterocycles. The molecule has 0 heterocycles. The molecule has 0 bridgehead atoms. The molecule has 16 heavy (non-hydrogen) atoms. The third kappa shape index (κ3) is 2.72. The van der Waals surface area contributed by atoms with E-state index in [2.05, 4.69) is 17.9 Å². The highest BCUT2D eigenvalue weighted by Crippen LogP contribution is 2.51. The van der Waals surface area contributed by atoms with E-state index in [0.717, 1.165) is 38.5 Å². The number of carbonyl (C=O) groups excluding carboxylic acids is 1. The molecule has 0 radical (unpaired) electrons. The van der Waals surface area contributed by atoms with Crippen LogP contribution in [0.25, 0.3) is 0 Å². The quantitative estimate of drug-likeness (QED) is 0.658. The number of amides is 1. The van der Waals surface area contributed by atoms with Gasteiger partial charge < -0.3 is 10.4 Å². The minimum absolute atomic E-state index is 0.0599. The zero-order valence-electron chi connectivity index (χ0n) is 9.61. The van der Waals surface area contributed by atoms with Gasteiger partial charge in [0.15, 0.2) is 0 Å². The number of hydrogen-bond donors (Lipinski definition) is 3. The summed E-state index contributed by atoms with van der Waals surface area (Å²) in [6.07, 6.45) is 6.88. The van der Waals surface area contributed by atoms with Gasteiger partial charge in [-0.3, -0.25) is 4.79 Å². The van der Waals surface area contributed by atoms with Gasteiger partial charge in [0.05, 0.1) is 6.10 Å². The summed E-state index contributed by atoms with van der Waals surface area (Å²) in [5.74, 6) is 0.749. The molecule has 0 atom stereocenters. The molecule has 2 rings (SSSR count). The minimum atomic E-state index is -0.0599.